The molecule has 0 amide bonds. The Bertz CT molecular complexity index is 1110. The molecule has 356 valence electrons. The van der Waals surface area contributed by atoms with Crippen molar-refractivity contribution in [3.63, 3.8) is 0 Å². The Balaban J connectivity index is 2.41. The molecule has 9 nitrogen and oxygen atoms in total. The number of carbonyl (C=O) groups is 2. The van der Waals surface area contributed by atoms with Gasteiger partial charge in [0.2, 0.25) is 0 Å². The van der Waals surface area contributed by atoms with E-state index in [-0.39, 0.29) is 24.1 Å². The second-order valence-corrected chi connectivity index (χ2v) is 18.0. The highest BCUT2D eigenvalue weighted by molar-refractivity contribution is 5.69. The van der Waals surface area contributed by atoms with E-state index in [0.717, 1.165) is 95.3 Å². The minimum absolute atomic E-state index is 0.00631. The van der Waals surface area contributed by atoms with Gasteiger partial charge in [0.05, 0.1) is 23.8 Å². The lowest BCUT2D eigenvalue weighted by Crippen LogP contribution is -2.28. The van der Waals surface area contributed by atoms with Gasteiger partial charge in [-0.15, -0.1) is 0 Å². The summed E-state index contributed by atoms with van der Waals surface area (Å²) in [6.45, 7) is 13.1. The van der Waals surface area contributed by atoms with Crippen LogP contribution in [0.2, 0.25) is 0 Å². The molecule has 0 saturated heterocycles. The number of hydrogen-bond donors (Lipinski definition) is 2. The van der Waals surface area contributed by atoms with E-state index in [1.54, 1.807) is 12.4 Å². The van der Waals surface area contributed by atoms with E-state index in [1.807, 2.05) is 7.05 Å². The second kappa shape index (κ2) is 42.9. The number of unbranched alkanes of at least 4 members (excludes halogenated alkanes) is 23. The molecule has 61 heavy (non-hydrogen) atoms. The van der Waals surface area contributed by atoms with Crippen molar-refractivity contribution in [3.05, 3.63) is 12.4 Å². The Morgan fingerprint density at radius 1 is 0.492 bits per heavy atom. The number of rotatable bonds is 46. The first-order valence-corrected chi connectivity index (χ1v) is 26.3. The van der Waals surface area contributed by atoms with Gasteiger partial charge < -0.3 is 25.0 Å². The van der Waals surface area contributed by atoms with Crippen LogP contribution in [0.4, 0.5) is 11.4 Å². The van der Waals surface area contributed by atoms with Gasteiger partial charge in [-0.1, -0.05) is 163 Å². The number of carbonyl (C=O) groups excluding carboxylic acids is 2. The number of aromatic nitrogens is 2. The van der Waals surface area contributed by atoms with Crippen LogP contribution in [0, 0.1) is 0 Å². The molecule has 0 bridgehead atoms. The summed E-state index contributed by atoms with van der Waals surface area (Å²) >= 11 is 0. The Morgan fingerprint density at radius 2 is 0.869 bits per heavy atom. The second-order valence-electron chi connectivity index (χ2n) is 18.0. The van der Waals surface area contributed by atoms with Crippen molar-refractivity contribution in [2.24, 2.45) is 0 Å². The van der Waals surface area contributed by atoms with E-state index in [4.69, 9.17) is 9.47 Å². The summed E-state index contributed by atoms with van der Waals surface area (Å²) in [5, 5.41) is 14.8. The summed E-state index contributed by atoms with van der Waals surface area (Å²) in [6, 6.07) is 0. The molecule has 0 aromatic carbocycles. The van der Waals surface area contributed by atoms with E-state index in [0.29, 0.717) is 12.8 Å². The van der Waals surface area contributed by atoms with E-state index in [2.05, 4.69) is 53.4 Å². The van der Waals surface area contributed by atoms with Crippen LogP contribution in [0.3, 0.4) is 0 Å². The molecule has 1 atom stereocenters. The fourth-order valence-corrected chi connectivity index (χ4v) is 8.35. The summed E-state index contributed by atoms with van der Waals surface area (Å²) in [7, 11) is 1.91. The summed E-state index contributed by atoms with van der Waals surface area (Å²) < 4.78 is 11.9. The third kappa shape index (κ3) is 34.7. The molecular formula is C52H99N5O4. The van der Waals surface area contributed by atoms with E-state index in [1.165, 1.54) is 154 Å². The quantitative estimate of drug-likeness (QED) is 0.0490. The van der Waals surface area contributed by atoms with Crippen LogP contribution < -0.4 is 10.6 Å². The molecule has 0 radical (unpaired) electrons. The number of anilines is 2. The van der Waals surface area contributed by atoms with E-state index < -0.39 is 0 Å². The standard InChI is InChI=1S/C52H99N5O4/c1-6-10-13-16-21-28-36-47(9-4)60-51(58)39-31-24-19-26-33-42-57(44-35-41-54-50-46-56-55-45-49(50)53-5)43-34-27-20-25-32-40-52(59)61-48(37-29-22-17-14-11-7-2)38-30-23-18-15-12-8-3/h45-48H,6-44H2,1-5H3,(H,53,56)(H,54,55). The first-order valence-electron chi connectivity index (χ1n) is 26.3. The first kappa shape index (κ1) is 56.6. The van der Waals surface area contributed by atoms with Gasteiger partial charge in [-0.25, -0.2) is 0 Å². The van der Waals surface area contributed by atoms with Crippen LogP contribution in [-0.4, -0.2) is 72.5 Å². The molecule has 1 heterocycles. The van der Waals surface area contributed by atoms with Gasteiger partial charge in [-0.3, -0.25) is 9.59 Å². The molecule has 0 aliphatic carbocycles. The van der Waals surface area contributed by atoms with Crippen LogP contribution in [0.5, 0.6) is 0 Å². The van der Waals surface area contributed by atoms with Crippen molar-refractivity contribution >= 4 is 23.3 Å². The highest BCUT2D eigenvalue weighted by Crippen LogP contribution is 2.20. The fraction of sp³-hybridized carbons (Fsp3) is 0.885. The Labute approximate surface area is 377 Å². The highest BCUT2D eigenvalue weighted by atomic mass is 16.5. The molecule has 0 aliphatic heterocycles. The molecule has 1 aromatic rings. The maximum Gasteiger partial charge on any atom is 0.306 e. The van der Waals surface area contributed by atoms with Crippen molar-refractivity contribution in [2.45, 2.75) is 265 Å². The topological polar surface area (TPSA) is 106 Å². The monoisotopic (exact) mass is 858 g/mol. The lowest BCUT2D eigenvalue weighted by atomic mass is 10.0. The number of nitrogens with zero attached hydrogens (tertiary/aromatic N) is 3. The van der Waals surface area contributed by atoms with Gasteiger partial charge in [-0.05, 0) is 96.7 Å². The van der Waals surface area contributed by atoms with Crippen LogP contribution in [0.25, 0.3) is 0 Å². The summed E-state index contributed by atoms with van der Waals surface area (Å²) in [4.78, 5) is 28.1. The zero-order chi connectivity index (χ0) is 44.3. The maximum absolute atomic E-state index is 12.9. The van der Waals surface area contributed by atoms with Gasteiger partial charge in [0.15, 0.2) is 0 Å². The smallest absolute Gasteiger partial charge is 0.306 e. The van der Waals surface area contributed by atoms with Crippen molar-refractivity contribution in [3.8, 4) is 0 Å². The fourth-order valence-electron chi connectivity index (χ4n) is 8.35. The molecule has 2 N–H and O–H groups in total. The van der Waals surface area contributed by atoms with Gasteiger partial charge in [0, 0.05) is 26.4 Å². The summed E-state index contributed by atoms with van der Waals surface area (Å²) in [5.74, 6) is 0.0168. The molecule has 0 saturated carbocycles. The molecular weight excluding hydrogens is 759 g/mol. The minimum atomic E-state index is -0.00631. The largest absolute Gasteiger partial charge is 0.462 e. The average molecular weight is 858 g/mol. The molecule has 1 rings (SSSR count). The lowest BCUT2D eigenvalue weighted by Gasteiger charge is -2.23. The van der Waals surface area contributed by atoms with Gasteiger partial charge in [0.25, 0.3) is 0 Å². The molecule has 9 heteroatoms. The number of hydrogen-bond acceptors (Lipinski definition) is 9. The van der Waals surface area contributed by atoms with Gasteiger partial charge >= 0.3 is 11.9 Å². The zero-order valence-corrected chi connectivity index (χ0v) is 40.9. The van der Waals surface area contributed by atoms with Gasteiger partial charge in [-0.2, -0.15) is 10.2 Å². The van der Waals surface area contributed by atoms with Crippen molar-refractivity contribution < 1.29 is 19.1 Å². The minimum Gasteiger partial charge on any atom is -0.462 e. The Kier molecular flexibility index (Phi) is 39.8. The average Bonchev–Trinajstić information content (AvgIpc) is 3.27. The number of ether oxygens (including phenoxy) is 2. The van der Waals surface area contributed by atoms with E-state index >= 15 is 0 Å². The van der Waals surface area contributed by atoms with Crippen molar-refractivity contribution in [2.75, 3.05) is 43.9 Å². The van der Waals surface area contributed by atoms with Crippen molar-refractivity contribution in [1.82, 2.24) is 15.1 Å². The third-order valence-electron chi connectivity index (χ3n) is 12.4. The molecule has 0 spiro atoms. The van der Waals surface area contributed by atoms with Gasteiger partial charge in [0.1, 0.15) is 12.2 Å². The summed E-state index contributed by atoms with van der Waals surface area (Å²) in [6.07, 6.45) is 44.1. The number of nitrogens with one attached hydrogen (secondary N) is 2. The number of esters is 2. The Hall–Kier alpha value is -2.42. The SMILES string of the molecule is CCCCCCCCC(CC)OC(=O)CCCCCCCN(CCCCCCCC(=O)OC(CCCCCCCC)CCCCCCCC)CCCNc1cnncc1NC. The predicted octanol–water partition coefficient (Wildman–Crippen LogP) is 14.8. The van der Waals surface area contributed by atoms with E-state index in [9.17, 15) is 9.59 Å². The first-order chi connectivity index (χ1) is 30.0. The molecule has 1 unspecified atom stereocenters. The van der Waals surface area contributed by atoms with Crippen LogP contribution in [0.15, 0.2) is 12.4 Å². The molecule has 0 fully saturated rings. The Morgan fingerprint density at radius 3 is 1.33 bits per heavy atom. The van der Waals surface area contributed by atoms with Crippen LogP contribution in [-0.2, 0) is 19.1 Å². The third-order valence-corrected chi connectivity index (χ3v) is 12.4. The zero-order valence-electron chi connectivity index (χ0n) is 40.9. The van der Waals surface area contributed by atoms with Crippen LogP contribution >= 0.6 is 0 Å². The molecule has 1 aromatic heterocycles. The predicted molar refractivity (Wildman–Crippen MR) is 261 cm³/mol. The summed E-state index contributed by atoms with van der Waals surface area (Å²) in [5.41, 5.74) is 1.96. The maximum atomic E-state index is 12.9. The normalized spacial score (nSPS) is 12.0. The van der Waals surface area contributed by atoms with Crippen molar-refractivity contribution in [1.29, 1.82) is 0 Å². The van der Waals surface area contributed by atoms with Crippen LogP contribution in [0.1, 0.15) is 252 Å². The highest BCUT2D eigenvalue weighted by Gasteiger charge is 2.15. The lowest BCUT2D eigenvalue weighted by molar-refractivity contribution is -0.150. The molecule has 0 aliphatic rings.